The highest BCUT2D eigenvalue weighted by atomic mass is 16.5. The van der Waals surface area contributed by atoms with E-state index in [0.717, 1.165) is 0 Å². The van der Waals surface area contributed by atoms with Crippen LogP contribution in [0, 0.1) is 0 Å². The third-order valence-corrected chi connectivity index (χ3v) is 1.93. The number of rotatable bonds is 1. The summed E-state index contributed by atoms with van der Waals surface area (Å²) in [5, 5.41) is 9.93. The van der Waals surface area contributed by atoms with Gasteiger partial charge in [-0.3, -0.25) is 0 Å². The maximum absolute atomic E-state index is 11.1. The number of ether oxygens (including phenoxy) is 1. The van der Waals surface area contributed by atoms with E-state index in [9.17, 15) is 9.90 Å². The van der Waals surface area contributed by atoms with Gasteiger partial charge in [0.1, 0.15) is 11.3 Å². The highest BCUT2D eigenvalue weighted by Crippen LogP contribution is 2.27. The molecule has 0 fully saturated rings. The lowest BCUT2D eigenvalue weighted by Gasteiger charge is -1.90. The molecule has 4 nitrogen and oxygen atoms in total. The minimum atomic E-state index is -0.555. The fourth-order valence-electron chi connectivity index (χ4n) is 1.25. The molecule has 0 saturated carbocycles. The molecule has 1 aromatic carbocycles. The van der Waals surface area contributed by atoms with Crippen molar-refractivity contribution in [3.05, 3.63) is 30.0 Å². The lowest BCUT2D eigenvalue weighted by molar-refractivity contribution is 0.0567. The maximum Gasteiger partial charge on any atom is 0.373 e. The Morgan fingerprint density at radius 1 is 1.50 bits per heavy atom. The number of furan rings is 1. The quantitative estimate of drug-likeness (QED) is 0.701. The fraction of sp³-hybridized carbons (Fsp3) is 0.100. The number of phenols is 1. The first-order valence-corrected chi connectivity index (χ1v) is 4.02. The van der Waals surface area contributed by atoms with Crippen molar-refractivity contribution in [2.45, 2.75) is 0 Å². The van der Waals surface area contributed by atoms with Crippen LogP contribution >= 0.6 is 0 Å². The molecule has 0 aliphatic carbocycles. The van der Waals surface area contributed by atoms with Crippen molar-refractivity contribution in [1.82, 2.24) is 0 Å². The Morgan fingerprint density at radius 3 is 2.93 bits per heavy atom. The number of carbonyl (C=O) groups excluding carboxylic acids is 1. The minimum absolute atomic E-state index is 0.0846. The summed E-state index contributed by atoms with van der Waals surface area (Å²) in [5.74, 6) is -0.383. The van der Waals surface area contributed by atoms with Crippen LogP contribution in [0.15, 0.2) is 28.7 Å². The number of hydrogen-bond donors (Lipinski definition) is 1. The highest BCUT2D eigenvalue weighted by molar-refractivity contribution is 5.94. The van der Waals surface area contributed by atoms with Crippen LogP contribution in [-0.2, 0) is 4.74 Å². The van der Waals surface area contributed by atoms with Crippen LogP contribution < -0.4 is 0 Å². The monoisotopic (exact) mass is 192 g/mol. The molecule has 0 aliphatic rings. The Kier molecular flexibility index (Phi) is 1.89. The van der Waals surface area contributed by atoms with Crippen LogP contribution in [0.5, 0.6) is 5.75 Å². The van der Waals surface area contributed by atoms with Crippen molar-refractivity contribution >= 4 is 16.9 Å². The van der Waals surface area contributed by atoms with Gasteiger partial charge in [-0.25, -0.2) is 4.79 Å². The Bertz CT molecular complexity index is 484. The van der Waals surface area contributed by atoms with Gasteiger partial charge in [0.25, 0.3) is 0 Å². The SMILES string of the molecule is COC(=O)c1cc2c(O)cccc2o1. The van der Waals surface area contributed by atoms with Gasteiger partial charge in [-0.15, -0.1) is 0 Å². The Labute approximate surface area is 79.7 Å². The van der Waals surface area contributed by atoms with E-state index in [1.807, 2.05) is 0 Å². The molecule has 0 spiro atoms. The van der Waals surface area contributed by atoms with Gasteiger partial charge in [-0.2, -0.15) is 0 Å². The van der Waals surface area contributed by atoms with Gasteiger partial charge in [-0.1, -0.05) is 6.07 Å². The van der Waals surface area contributed by atoms with Crippen molar-refractivity contribution in [2.24, 2.45) is 0 Å². The van der Waals surface area contributed by atoms with Crippen molar-refractivity contribution in [1.29, 1.82) is 0 Å². The maximum atomic E-state index is 11.1. The summed E-state index contributed by atoms with van der Waals surface area (Å²) >= 11 is 0. The van der Waals surface area contributed by atoms with Crippen LogP contribution in [0.1, 0.15) is 10.6 Å². The average Bonchev–Trinajstić information content (AvgIpc) is 2.62. The summed E-state index contributed by atoms with van der Waals surface area (Å²) in [5.41, 5.74) is 0.463. The molecule has 0 bridgehead atoms. The normalized spacial score (nSPS) is 10.4. The minimum Gasteiger partial charge on any atom is -0.507 e. The van der Waals surface area contributed by atoms with Gasteiger partial charge < -0.3 is 14.3 Å². The van der Waals surface area contributed by atoms with Gasteiger partial charge in [0.15, 0.2) is 0 Å². The molecule has 2 rings (SSSR count). The molecule has 14 heavy (non-hydrogen) atoms. The standard InChI is InChI=1S/C10H8O4/c1-13-10(12)9-5-6-7(11)3-2-4-8(6)14-9/h2-5,11H,1H3. The summed E-state index contributed by atoms with van der Waals surface area (Å²) in [6, 6.07) is 6.29. The fourth-order valence-corrected chi connectivity index (χ4v) is 1.25. The zero-order valence-corrected chi connectivity index (χ0v) is 7.48. The summed E-state index contributed by atoms with van der Waals surface area (Å²) in [6.45, 7) is 0. The van der Waals surface area contributed by atoms with E-state index in [1.54, 1.807) is 12.1 Å². The summed E-state index contributed by atoms with van der Waals surface area (Å²) in [6.07, 6.45) is 0. The summed E-state index contributed by atoms with van der Waals surface area (Å²) in [4.78, 5) is 11.1. The van der Waals surface area contributed by atoms with Gasteiger partial charge in [0, 0.05) is 6.07 Å². The van der Waals surface area contributed by atoms with Gasteiger partial charge in [-0.05, 0) is 12.1 Å². The highest BCUT2D eigenvalue weighted by Gasteiger charge is 2.13. The molecular formula is C10H8O4. The van der Waals surface area contributed by atoms with Crippen LogP contribution in [0.2, 0.25) is 0 Å². The second-order valence-corrected chi connectivity index (χ2v) is 2.79. The van der Waals surface area contributed by atoms with E-state index >= 15 is 0 Å². The topological polar surface area (TPSA) is 59.7 Å². The molecule has 0 radical (unpaired) electrons. The second kappa shape index (κ2) is 3.06. The molecule has 72 valence electrons. The van der Waals surface area contributed by atoms with E-state index < -0.39 is 5.97 Å². The molecule has 0 aliphatic heterocycles. The average molecular weight is 192 g/mol. The van der Waals surface area contributed by atoms with Crippen molar-refractivity contribution < 1.29 is 19.1 Å². The first-order valence-electron chi connectivity index (χ1n) is 4.02. The molecule has 1 aromatic heterocycles. The number of fused-ring (bicyclic) bond motifs is 1. The number of carbonyl (C=O) groups is 1. The van der Waals surface area contributed by atoms with Crippen LogP contribution in [0.4, 0.5) is 0 Å². The first kappa shape index (κ1) is 8.62. The molecule has 0 saturated heterocycles. The molecule has 4 heteroatoms. The Morgan fingerprint density at radius 2 is 2.29 bits per heavy atom. The molecule has 1 N–H and O–H groups in total. The van der Waals surface area contributed by atoms with E-state index in [1.165, 1.54) is 19.2 Å². The number of esters is 1. The zero-order valence-electron chi connectivity index (χ0n) is 7.48. The number of aromatic hydroxyl groups is 1. The van der Waals surface area contributed by atoms with Gasteiger partial charge in [0.05, 0.1) is 12.5 Å². The molecule has 1 heterocycles. The molecule has 0 amide bonds. The van der Waals surface area contributed by atoms with Crippen molar-refractivity contribution in [3.8, 4) is 5.75 Å². The Balaban J connectivity index is 2.62. The number of benzene rings is 1. The molecular weight excluding hydrogens is 184 g/mol. The van der Waals surface area contributed by atoms with E-state index in [0.29, 0.717) is 11.0 Å². The molecule has 0 atom stereocenters. The molecule has 2 aromatic rings. The molecule has 0 unspecified atom stereocenters. The van der Waals surface area contributed by atoms with Crippen molar-refractivity contribution in [3.63, 3.8) is 0 Å². The lowest BCUT2D eigenvalue weighted by atomic mass is 10.2. The second-order valence-electron chi connectivity index (χ2n) is 2.79. The third kappa shape index (κ3) is 1.21. The van der Waals surface area contributed by atoms with Crippen molar-refractivity contribution in [2.75, 3.05) is 7.11 Å². The van der Waals surface area contributed by atoms with Crippen LogP contribution in [0.3, 0.4) is 0 Å². The largest absolute Gasteiger partial charge is 0.507 e. The lowest BCUT2D eigenvalue weighted by Crippen LogP contribution is -1.97. The number of hydrogen-bond acceptors (Lipinski definition) is 4. The third-order valence-electron chi connectivity index (χ3n) is 1.93. The summed E-state index contributed by atoms with van der Waals surface area (Å²) < 4.78 is 9.66. The predicted octanol–water partition coefficient (Wildman–Crippen LogP) is 1.92. The van der Waals surface area contributed by atoms with E-state index in [-0.39, 0.29) is 11.5 Å². The number of methoxy groups -OCH3 is 1. The van der Waals surface area contributed by atoms with Crippen LogP contribution in [0.25, 0.3) is 11.0 Å². The smallest absolute Gasteiger partial charge is 0.373 e. The predicted molar refractivity (Wildman–Crippen MR) is 49.2 cm³/mol. The summed E-state index contributed by atoms with van der Waals surface area (Å²) in [7, 11) is 1.27. The van der Waals surface area contributed by atoms with Gasteiger partial charge >= 0.3 is 5.97 Å². The number of phenolic OH excluding ortho intramolecular Hbond substituents is 1. The van der Waals surface area contributed by atoms with E-state index in [4.69, 9.17) is 4.42 Å². The first-order chi connectivity index (χ1) is 6.72. The van der Waals surface area contributed by atoms with Crippen LogP contribution in [-0.4, -0.2) is 18.2 Å². The van der Waals surface area contributed by atoms with Gasteiger partial charge in [0.2, 0.25) is 5.76 Å². The Hall–Kier alpha value is -1.97. The van der Waals surface area contributed by atoms with E-state index in [2.05, 4.69) is 4.74 Å². The zero-order chi connectivity index (χ0) is 10.1.